The molecule has 0 fully saturated rings. The molecule has 1 unspecified atom stereocenters. The van der Waals surface area contributed by atoms with E-state index in [0.29, 0.717) is 31.3 Å². The Bertz CT molecular complexity index is 597. The van der Waals surface area contributed by atoms with Crippen molar-refractivity contribution < 1.29 is 14.3 Å². The van der Waals surface area contributed by atoms with Gasteiger partial charge in [-0.25, -0.2) is 4.98 Å². The first-order valence-corrected chi connectivity index (χ1v) is 6.89. The van der Waals surface area contributed by atoms with Crippen LogP contribution in [0.5, 0.6) is 0 Å². The van der Waals surface area contributed by atoms with Crippen LogP contribution in [0.2, 0.25) is 0 Å². The molecule has 2 aromatic rings. The number of nitrogens with zero attached hydrogens (tertiary/aromatic N) is 3. The zero-order chi connectivity index (χ0) is 15.2. The van der Waals surface area contributed by atoms with Crippen molar-refractivity contribution in [3.63, 3.8) is 0 Å². The van der Waals surface area contributed by atoms with Crippen LogP contribution in [0.25, 0.3) is 5.65 Å². The fourth-order valence-corrected chi connectivity index (χ4v) is 2.38. The van der Waals surface area contributed by atoms with Gasteiger partial charge in [0.05, 0.1) is 19.3 Å². The van der Waals surface area contributed by atoms with Crippen LogP contribution in [-0.2, 0) is 9.47 Å². The molecule has 0 spiro atoms. The molecule has 0 aliphatic rings. The van der Waals surface area contributed by atoms with Crippen molar-refractivity contribution in [1.29, 1.82) is 0 Å². The molecule has 0 amide bonds. The van der Waals surface area contributed by atoms with E-state index in [1.807, 2.05) is 36.2 Å². The first-order valence-electron chi connectivity index (χ1n) is 6.89. The van der Waals surface area contributed by atoms with Crippen LogP contribution < -0.4 is 4.90 Å². The monoisotopic (exact) mass is 291 g/mol. The Balaban J connectivity index is 2.45. The molecule has 0 bridgehead atoms. The Labute approximate surface area is 124 Å². The van der Waals surface area contributed by atoms with E-state index in [9.17, 15) is 4.79 Å². The van der Waals surface area contributed by atoms with Crippen LogP contribution in [0.15, 0.2) is 24.4 Å². The minimum atomic E-state index is 0.0914. The molecule has 0 aliphatic heterocycles. The summed E-state index contributed by atoms with van der Waals surface area (Å²) >= 11 is 0. The summed E-state index contributed by atoms with van der Waals surface area (Å²) in [6.45, 7) is 3.79. The van der Waals surface area contributed by atoms with Crippen LogP contribution in [0, 0.1) is 0 Å². The summed E-state index contributed by atoms with van der Waals surface area (Å²) in [6, 6.07) is 5.75. The minimum absolute atomic E-state index is 0.0914. The van der Waals surface area contributed by atoms with E-state index < -0.39 is 0 Å². The number of carbonyl (C=O) groups is 1. The Hall–Kier alpha value is -1.92. The Morgan fingerprint density at radius 1 is 1.38 bits per heavy atom. The van der Waals surface area contributed by atoms with Gasteiger partial charge in [-0.2, -0.15) is 0 Å². The third-order valence-electron chi connectivity index (χ3n) is 3.41. The number of fused-ring (bicyclic) bond motifs is 1. The van der Waals surface area contributed by atoms with Crippen molar-refractivity contribution in [2.24, 2.45) is 0 Å². The molecule has 0 aliphatic carbocycles. The summed E-state index contributed by atoms with van der Waals surface area (Å²) in [5, 5.41) is 0. The van der Waals surface area contributed by atoms with E-state index in [2.05, 4.69) is 4.98 Å². The topological polar surface area (TPSA) is 56.1 Å². The van der Waals surface area contributed by atoms with Gasteiger partial charge in [-0.05, 0) is 19.1 Å². The van der Waals surface area contributed by atoms with Gasteiger partial charge in [-0.3, -0.25) is 9.20 Å². The molecule has 2 rings (SSSR count). The summed E-state index contributed by atoms with van der Waals surface area (Å²) in [7, 11) is 3.32. The summed E-state index contributed by atoms with van der Waals surface area (Å²) < 4.78 is 12.2. The molecule has 0 saturated carbocycles. The number of hydrogen-bond donors (Lipinski definition) is 0. The summed E-state index contributed by atoms with van der Waals surface area (Å²) in [5.74, 6) is 0.665. The number of methoxy groups -OCH3 is 2. The van der Waals surface area contributed by atoms with Gasteiger partial charge >= 0.3 is 0 Å². The Morgan fingerprint density at radius 2 is 2.19 bits per heavy atom. The molecule has 2 heterocycles. The van der Waals surface area contributed by atoms with Crippen LogP contribution in [0.3, 0.4) is 0 Å². The number of aldehydes is 1. The molecule has 2 aromatic heterocycles. The lowest BCUT2D eigenvalue weighted by Gasteiger charge is -2.29. The van der Waals surface area contributed by atoms with E-state index in [1.54, 1.807) is 18.6 Å². The average Bonchev–Trinajstić information content (AvgIpc) is 2.86. The lowest BCUT2D eigenvalue weighted by molar-refractivity contribution is 0.111. The quantitative estimate of drug-likeness (QED) is 0.692. The first kappa shape index (κ1) is 15.5. The zero-order valence-electron chi connectivity index (χ0n) is 12.7. The van der Waals surface area contributed by atoms with Crippen LogP contribution in [0.4, 0.5) is 5.82 Å². The second-order valence-corrected chi connectivity index (χ2v) is 4.86. The summed E-state index contributed by atoms with van der Waals surface area (Å²) in [5.41, 5.74) is 1.30. The van der Waals surface area contributed by atoms with E-state index in [4.69, 9.17) is 9.47 Å². The lowest BCUT2D eigenvalue weighted by Crippen LogP contribution is -2.39. The van der Waals surface area contributed by atoms with E-state index in [0.717, 1.165) is 11.9 Å². The van der Waals surface area contributed by atoms with Crippen LogP contribution in [-0.4, -0.2) is 55.7 Å². The number of imidazole rings is 1. The van der Waals surface area contributed by atoms with Gasteiger partial charge in [0.15, 0.2) is 12.1 Å². The number of pyridine rings is 1. The van der Waals surface area contributed by atoms with Crippen molar-refractivity contribution in [1.82, 2.24) is 9.38 Å². The minimum Gasteiger partial charge on any atom is -0.383 e. The fourth-order valence-electron chi connectivity index (χ4n) is 2.38. The Morgan fingerprint density at radius 3 is 2.86 bits per heavy atom. The van der Waals surface area contributed by atoms with Gasteiger partial charge in [-0.15, -0.1) is 0 Å². The predicted octanol–water partition coefficient (Wildman–Crippen LogP) is 1.63. The Kier molecular flexibility index (Phi) is 5.30. The maximum atomic E-state index is 11.5. The van der Waals surface area contributed by atoms with Crippen molar-refractivity contribution in [2.75, 3.05) is 38.9 Å². The third kappa shape index (κ3) is 3.22. The highest BCUT2D eigenvalue weighted by Gasteiger charge is 2.22. The zero-order valence-corrected chi connectivity index (χ0v) is 12.7. The van der Waals surface area contributed by atoms with Crippen molar-refractivity contribution in [2.45, 2.75) is 13.0 Å². The van der Waals surface area contributed by atoms with E-state index in [-0.39, 0.29) is 6.04 Å². The summed E-state index contributed by atoms with van der Waals surface area (Å²) in [6.07, 6.45) is 2.68. The standard InChI is InChI=1S/C15H21N3O3/c1-12(11-21-3)17(8-9-20-2)15-13(10-19)18-7-5-4-6-14(18)16-15/h4-7,10,12H,8-9,11H2,1-3H3. The summed E-state index contributed by atoms with van der Waals surface area (Å²) in [4.78, 5) is 18.1. The van der Waals surface area contributed by atoms with Gasteiger partial charge in [0, 0.05) is 27.0 Å². The van der Waals surface area contributed by atoms with Gasteiger partial charge in [0.1, 0.15) is 11.3 Å². The molecule has 6 nitrogen and oxygen atoms in total. The number of anilines is 1. The van der Waals surface area contributed by atoms with Gasteiger partial charge in [-0.1, -0.05) is 6.07 Å². The largest absolute Gasteiger partial charge is 0.383 e. The van der Waals surface area contributed by atoms with E-state index >= 15 is 0 Å². The number of ether oxygens (including phenoxy) is 2. The highest BCUT2D eigenvalue weighted by molar-refractivity contribution is 5.83. The molecular weight excluding hydrogens is 270 g/mol. The van der Waals surface area contributed by atoms with Crippen LogP contribution >= 0.6 is 0 Å². The average molecular weight is 291 g/mol. The number of hydrogen-bond acceptors (Lipinski definition) is 5. The molecule has 21 heavy (non-hydrogen) atoms. The van der Waals surface area contributed by atoms with Crippen molar-refractivity contribution in [3.05, 3.63) is 30.1 Å². The predicted molar refractivity (Wildman–Crippen MR) is 81.1 cm³/mol. The normalized spacial score (nSPS) is 12.5. The molecule has 0 radical (unpaired) electrons. The van der Waals surface area contributed by atoms with Crippen LogP contribution in [0.1, 0.15) is 17.4 Å². The maximum absolute atomic E-state index is 11.5. The van der Waals surface area contributed by atoms with Gasteiger partial charge in [0.25, 0.3) is 0 Å². The van der Waals surface area contributed by atoms with Crippen molar-refractivity contribution in [3.8, 4) is 0 Å². The number of aromatic nitrogens is 2. The lowest BCUT2D eigenvalue weighted by atomic mass is 10.2. The SMILES string of the molecule is COCCN(c1nc2ccccn2c1C=O)C(C)COC. The second-order valence-electron chi connectivity index (χ2n) is 4.86. The number of carbonyl (C=O) groups excluding carboxylic acids is 1. The van der Waals surface area contributed by atoms with Gasteiger partial charge in [0.2, 0.25) is 0 Å². The smallest absolute Gasteiger partial charge is 0.170 e. The molecule has 0 aromatic carbocycles. The second kappa shape index (κ2) is 7.19. The highest BCUT2D eigenvalue weighted by atomic mass is 16.5. The molecule has 6 heteroatoms. The molecule has 0 saturated heterocycles. The maximum Gasteiger partial charge on any atom is 0.170 e. The molecule has 114 valence electrons. The molecular formula is C15H21N3O3. The fraction of sp³-hybridized carbons (Fsp3) is 0.467. The first-order chi connectivity index (χ1) is 10.2. The van der Waals surface area contributed by atoms with E-state index in [1.165, 1.54) is 0 Å². The molecule has 1 atom stereocenters. The third-order valence-corrected chi connectivity index (χ3v) is 3.41. The van der Waals surface area contributed by atoms with Crippen molar-refractivity contribution >= 4 is 17.8 Å². The highest BCUT2D eigenvalue weighted by Crippen LogP contribution is 2.22. The molecule has 0 N–H and O–H groups in total. The number of rotatable bonds is 8. The van der Waals surface area contributed by atoms with Gasteiger partial charge < -0.3 is 14.4 Å².